The Morgan fingerprint density at radius 3 is 3.14 bits per heavy atom. The molecule has 2 aromatic rings. The molecule has 110 valence electrons. The van der Waals surface area contributed by atoms with Gasteiger partial charge in [0.1, 0.15) is 12.7 Å². The first-order chi connectivity index (χ1) is 10.2. The predicted molar refractivity (Wildman–Crippen MR) is 78.2 cm³/mol. The first kappa shape index (κ1) is 12.8. The number of pyridine rings is 1. The Bertz CT molecular complexity index is 639. The van der Waals surface area contributed by atoms with Gasteiger partial charge < -0.3 is 10.1 Å². The van der Waals surface area contributed by atoms with Gasteiger partial charge in [0.25, 0.3) is 0 Å². The maximum atomic E-state index is 5.85. The lowest BCUT2D eigenvalue weighted by molar-refractivity contribution is -0.0923. The van der Waals surface area contributed by atoms with Crippen LogP contribution in [-0.4, -0.2) is 38.5 Å². The minimum atomic E-state index is 0.136. The molecule has 3 unspecified atom stereocenters. The minimum Gasteiger partial charge on any atom is -0.378 e. The number of rotatable bonds is 3. The van der Waals surface area contributed by atoms with Gasteiger partial charge in [-0.05, 0) is 18.6 Å². The average molecular weight is 285 g/mol. The smallest absolute Gasteiger partial charge is 0.178 e. The van der Waals surface area contributed by atoms with Gasteiger partial charge in [-0.25, -0.2) is 14.6 Å². The summed E-state index contributed by atoms with van der Waals surface area (Å²) in [5, 5.41) is 7.85. The zero-order chi connectivity index (χ0) is 14.4. The van der Waals surface area contributed by atoms with Crippen LogP contribution in [0.3, 0.4) is 0 Å². The molecule has 2 fully saturated rings. The molecule has 0 spiro atoms. The number of hydrogen-bond donors (Lipinski definition) is 1. The van der Waals surface area contributed by atoms with E-state index >= 15 is 0 Å². The van der Waals surface area contributed by atoms with Crippen molar-refractivity contribution in [2.75, 3.05) is 11.9 Å². The molecule has 1 saturated carbocycles. The average Bonchev–Trinajstić information content (AvgIpc) is 3.15. The number of hydrogen-bond acceptors (Lipinski definition) is 5. The molecule has 1 aliphatic heterocycles. The van der Waals surface area contributed by atoms with Gasteiger partial charge in [-0.15, -0.1) is 0 Å². The molecule has 4 rings (SSSR count). The third-order valence-corrected chi connectivity index (χ3v) is 4.83. The molecule has 2 aliphatic rings. The fraction of sp³-hybridized carbons (Fsp3) is 0.533. The normalized spacial score (nSPS) is 29.7. The molecule has 21 heavy (non-hydrogen) atoms. The van der Waals surface area contributed by atoms with Crippen LogP contribution < -0.4 is 5.32 Å². The van der Waals surface area contributed by atoms with Crippen LogP contribution in [0.1, 0.15) is 20.3 Å². The van der Waals surface area contributed by atoms with Crippen molar-refractivity contribution in [2.45, 2.75) is 32.4 Å². The summed E-state index contributed by atoms with van der Waals surface area (Å²) >= 11 is 0. The molecular weight excluding hydrogens is 266 g/mol. The number of fused-ring (bicyclic) bond motifs is 1. The van der Waals surface area contributed by atoms with Crippen molar-refractivity contribution in [3.05, 3.63) is 31.0 Å². The zero-order valence-corrected chi connectivity index (χ0v) is 12.2. The highest BCUT2D eigenvalue weighted by Gasteiger charge is 2.59. The van der Waals surface area contributed by atoms with Gasteiger partial charge in [0, 0.05) is 30.2 Å². The second-order valence-electron chi connectivity index (χ2n) is 6.40. The largest absolute Gasteiger partial charge is 0.378 e. The fourth-order valence-corrected chi connectivity index (χ4v) is 3.79. The van der Waals surface area contributed by atoms with E-state index in [4.69, 9.17) is 4.74 Å². The van der Waals surface area contributed by atoms with E-state index < -0.39 is 0 Å². The lowest BCUT2D eigenvalue weighted by atomic mass is 9.57. The quantitative estimate of drug-likeness (QED) is 0.933. The van der Waals surface area contributed by atoms with Gasteiger partial charge in [-0.3, -0.25) is 0 Å². The number of ether oxygens (including phenoxy) is 1. The Labute approximate surface area is 123 Å². The van der Waals surface area contributed by atoms with Gasteiger partial charge in [0.15, 0.2) is 5.82 Å². The van der Waals surface area contributed by atoms with Crippen LogP contribution >= 0.6 is 0 Å². The standard InChI is InChI=1S/C15H19N5O/c1-15(2)12(10-5-7-21-13(10)15)19-11-4-3-6-17-14(11)20-9-16-8-18-20/h3-4,6,8-10,12-13,19H,5,7H2,1-2H3. The van der Waals surface area contributed by atoms with Crippen molar-refractivity contribution in [3.63, 3.8) is 0 Å². The van der Waals surface area contributed by atoms with Gasteiger partial charge in [-0.2, -0.15) is 5.10 Å². The molecule has 1 N–H and O–H groups in total. The lowest BCUT2D eigenvalue weighted by Gasteiger charge is -2.55. The summed E-state index contributed by atoms with van der Waals surface area (Å²) in [5.74, 6) is 1.37. The van der Waals surface area contributed by atoms with Crippen molar-refractivity contribution >= 4 is 5.69 Å². The first-order valence-corrected chi connectivity index (χ1v) is 7.36. The second-order valence-corrected chi connectivity index (χ2v) is 6.40. The zero-order valence-electron chi connectivity index (χ0n) is 12.2. The molecule has 0 bridgehead atoms. The topological polar surface area (TPSA) is 64.9 Å². The Kier molecular flexibility index (Phi) is 2.75. The summed E-state index contributed by atoms with van der Waals surface area (Å²) in [4.78, 5) is 8.43. The van der Waals surface area contributed by atoms with Gasteiger partial charge in [0.2, 0.25) is 0 Å². The minimum absolute atomic E-state index is 0.136. The monoisotopic (exact) mass is 285 g/mol. The van der Waals surface area contributed by atoms with Crippen LogP contribution in [0.5, 0.6) is 0 Å². The lowest BCUT2D eigenvalue weighted by Crippen LogP contribution is -2.63. The van der Waals surface area contributed by atoms with E-state index in [1.54, 1.807) is 17.2 Å². The SMILES string of the molecule is CC1(C)C(Nc2cccnc2-n2cncn2)C2CCOC21. The van der Waals surface area contributed by atoms with Crippen LogP contribution in [-0.2, 0) is 4.74 Å². The summed E-state index contributed by atoms with van der Waals surface area (Å²) in [6, 6.07) is 4.39. The van der Waals surface area contributed by atoms with Crippen LogP contribution in [0.15, 0.2) is 31.0 Å². The molecular formula is C15H19N5O. The van der Waals surface area contributed by atoms with Crippen LogP contribution in [0.2, 0.25) is 0 Å². The van der Waals surface area contributed by atoms with E-state index in [0.29, 0.717) is 18.1 Å². The Morgan fingerprint density at radius 2 is 2.33 bits per heavy atom. The summed E-state index contributed by atoms with van der Waals surface area (Å²) < 4.78 is 7.55. The molecule has 3 heterocycles. The highest BCUT2D eigenvalue weighted by atomic mass is 16.5. The van der Waals surface area contributed by atoms with E-state index in [2.05, 4.69) is 34.2 Å². The molecule has 1 saturated heterocycles. The summed E-state index contributed by atoms with van der Waals surface area (Å²) in [5.41, 5.74) is 1.13. The molecule has 2 aromatic heterocycles. The molecule has 6 nitrogen and oxygen atoms in total. The van der Waals surface area contributed by atoms with Crippen molar-refractivity contribution in [1.82, 2.24) is 19.7 Å². The Hall–Kier alpha value is -1.95. The van der Waals surface area contributed by atoms with Crippen LogP contribution in [0.4, 0.5) is 5.69 Å². The van der Waals surface area contributed by atoms with E-state index in [-0.39, 0.29) is 5.41 Å². The predicted octanol–water partition coefficient (Wildman–Crippen LogP) is 1.89. The van der Waals surface area contributed by atoms with E-state index in [9.17, 15) is 0 Å². The number of anilines is 1. The maximum absolute atomic E-state index is 5.85. The molecule has 6 heteroatoms. The molecule has 1 aliphatic carbocycles. The summed E-state index contributed by atoms with van der Waals surface area (Å²) in [6.07, 6.45) is 6.47. The highest BCUT2D eigenvalue weighted by Crippen LogP contribution is 2.53. The van der Waals surface area contributed by atoms with Gasteiger partial charge in [-0.1, -0.05) is 13.8 Å². The third-order valence-electron chi connectivity index (χ3n) is 4.83. The van der Waals surface area contributed by atoms with E-state index in [0.717, 1.165) is 24.5 Å². The number of nitrogens with one attached hydrogen (secondary N) is 1. The van der Waals surface area contributed by atoms with Gasteiger partial charge in [0.05, 0.1) is 11.8 Å². The number of nitrogens with zero attached hydrogens (tertiary/aromatic N) is 4. The van der Waals surface area contributed by atoms with E-state index in [1.165, 1.54) is 6.33 Å². The van der Waals surface area contributed by atoms with E-state index in [1.807, 2.05) is 12.1 Å². The maximum Gasteiger partial charge on any atom is 0.178 e. The first-order valence-electron chi connectivity index (χ1n) is 7.36. The fourth-order valence-electron chi connectivity index (χ4n) is 3.79. The Balaban J connectivity index is 1.64. The third kappa shape index (κ3) is 1.86. The summed E-state index contributed by atoms with van der Waals surface area (Å²) in [7, 11) is 0. The highest BCUT2D eigenvalue weighted by molar-refractivity contribution is 5.57. The number of aromatic nitrogens is 4. The second kappa shape index (κ2) is 4.53. The molecule has 0 aromatic carbocycles. The van der Waals surface area contributed by atoms with Gasteiger partial charge >= 0.3 is 0 Å². The summed E-state index contributed by atoms with van der Waals surface area (Å²) in [6.45, 7) is 5.41. The van der Waals surface area contributed by atoms with Crippen LogP contribution in [0.25, 0.3) is 5.82 Å². The van der Waals surface area contributed by atoms with Crippen LogP contribution in [0, 0.1) is 11.3 Å². The van der Waals surface area contributed by atoms with Crippen molar-refractivity contribution < 1.29 is 4.74 Å². The molecule has 3 atom stereocenters. The molecule has 0 amide bonds. The Morgan fingerprint density at radius 1 is 1.43 bits per heavy atom. The van der Waals surface area contributed by atoms with Crippen molar-refractivity contribution in [1.29, 1.82) is 0 Å². The van der Waals surface area contributed by atoms with Crippen molar-refractivity contribution in [3.8, 4) is 5.82 Å². The molecule has 0 radical (unpaired) electrons. The van der Waals surface area contributed by atoms with Crippen molar-refractivity contribution in [2.24, 2.45) is 11.3 Å².